The third kappa shape index (κ3) is 4.36. The lowest BCUT2D eigenvalue weighted by Gasteiger charge is -2.21. The fourth-order valence-corrected chi connectivity index (χ4v) is 4.36. The fourth-order valence-electron chi connectivity index (χ4n) is 3.49. The molecule has 0 aromatic heterocycles. The molecule has 0 unspecified atom stereocenters. The summed E-state index contributed by atoms with van der Waals surface area (Å²) < 4.78 is 36.7. The molecule has 2 aliphatic heterocycles. The minimum atomic E-state index is -3.26. The quantitative estimate of drug-likeness (QED) is 0.782. The van der Waals surface area contributed by atoms with Crippen molar-refractivity contribution in [3.63, 3.8) is 0 Å². The molecule has 2 saturated heterocycles. The Morgan fingerprint density at radius 3 is 2.73 bits per heavy atom. The van der Waals surface area contributed by atoms with Crippen molar-refractivity contribution in [2.75, 3.05) is 39.0 Å². The van der Waals surface area contributed by atoms with Gasteiger partial charge < -0.3 is 14.4 Å². The van der Waals surface area contributed by atoms with Crippen LogP contribution in [0.25, 0.3) is 0 Å². The Bertz CT molecular complexity index is 765. The molecule has 0 radical (unpaired) electrons. The molecule has 2 atom stereocenters. The maximum absolute atomic E-state index is 12.9. The smallest absolute Gasteiger partial charge is 0.254 e. The van der Waals surface area contributed by atoms with Crippen LogP contribution < -0.4 is 4.74 Å². The standard InChI is InChI=1S/C18H26N2O5S/c1-13(2)25-16-6-4-5-14(9-16)18(21)19-10-15-11-20(26(3,22)23)7-8-24-17(15)12-19/h4-6,9,13,15,17H,7-8,10-12H2,1-3H3/t15-,17-/m1/s1. The van der Waals surface area contributed by atoms with Gasteiger partial charge in [-0.25, -0.2) is 8.42 Å². The first-order valence-electron chi connectivity index (χ1n) is 8.87. The van der Waals surface area contributed by atoms with E-state index in [1.807, 2.05) is 19.9 Å². The average Bonchev–Trinajstić information content (AvgIpc) is 2.84. The van der Waals surface area contributed by atoms with Gasteiger partial charge in [0.25, 0.3) is 5.91 Å². The van der Waals surface area contributed by atoms with Crippen LogP contribution in [0.4, 0.5) is 0 Å². The zero-order chi connectivity index (χ0) is 18.9. The molecule has 26 heavy (non-hydrogen) atoms. The maximum Gasteiger partial charge on any atom is 0.254 e. The third-order valence-electron chi connectivity index (χ3n) is 4.70. The SMILES string of the molecule is CC(C)Oc1cccc(C(=O)N2C[C@@H]3CN(S(C)(=O)=O)CCO[C@@H]3C2)c1. The third-order valence-corrected chi connectivity index (χ3v) is 5.97. The van der Waals surface area contributed by atoms with E-state index in [1.54, 1.807) is 23.1 Å². The van der Waals surface area contributed by atoms with Gasteiger partial charge in [-0.05, 0) is 32.0 Å². The van der Waals surface area contributed by atoms with Gasteiger partial charge in [-0.15, -0.1) is 0 Å². The number of amides is 1. The van der Waals surface area contributed by atoms with E-state index in [0.717, 1.165) is 0 Å². The molecular weight excluding hydrogens is 356 g/mol. The zero-order valence-electron chi connectivity index (χ0n) is 15.4. The van der Waals surface area contributed by atoms with E-state index in [9.17, 15) is 13.2 Å². The molecule has 0 bridgehead atoms. The Kier molecular flexibility index (Phi) is 5.55. The first-order chi connectivity index (χ1) is 12.2. The number of likely N-dealkylation sites (tertiary alicyclic amines) is 1. The highest BCUT2D eigenvalue weighted by molar-refractivity contribution is 7.88. The van der Waals surface area contributed by atoms with Crippen molar-refractivity contribution in [1.82, 2.24) is 9.21 Å². The minimum absolute atomic E-state index is 0.00808. The van der Waals surface area contributed by atoms with Crippen molar-refractivity contribution in [2.45, 2.75) is 26.1 Å². The summed E-state index contributed by atoms with van der Waals surface area (Å²) in [7, 11) is -3.26. The van der Waals surface area contributed by atoms with Crippen molar-refractivity contribution in [3.8, 4) is 5.75 Å². The molecule has 8 heteroatoms. The van der Waals surface area contributed by atoms with Gasteiger partial charge in [0.15, 0.2) is 0 Å². The number of hydrogen-bond acceptors (Lipinski definition) is 5. The number of nitrogens with zero attached hydrogens (tertiary/aromatic N) is 2. The van der Waals surface area contributed by atoms with Crippen LogP contribution >= 0.6 is 0 Å². The molecule has 0 spiro atoms. The van der Waals surface area contributed by atoms with E-state index in [0.29, 0.717) is 44.1 Å². The van der Waals surface area contributed by atoms with Gasteiger partial charge in [-0.1, -0.05) is 6.07 Å². The van der Waals surface area contributed by atoms with Gasteiger partial charge in [0, 0.05) is 37.7 Å². The molecule has 3 rings (SSSR count). The Morgan fingerprint density at radius 1 is 1.27 bits per heavy atom. The number of rotatable bonds is 4. The molecule has 0 N–H and O–H groups in total. The van der Waals surface area contributed by atoms with E-state index >= 15 is 0 Å². The average molecular weight is 382 g/mol. The lowest BCUT2D eigenvalue weighted by molar-refractivity contribution is 0.0491. The predicted octanol–water partition coefficient (Wildman–Crippen LogP) is 1.21. The lowest BCUT2D eigenvalue weighted by atomic mass is 10.1. The van der Waals surface area contributed by atoms with Gasteiger partial charge in [0.1, 0.15) is 5.75 Å². The molecule has 1 aromatic rings. The summed E-state index contributed by atoms with van der Waals surface area (Å²) in [6.45, 7) is 5.97. The van der Waals surface area contributed by atoms with Crippen LogP contribution in [0.3, 0.4) is 0 Å². The highest BCUT2D eigenvalue weighted by Crippen LogP contribution is 2.26. The Balaban J connectivity index is 1.71. The number of fused-ring (bicyclic) bond motifs is 1. The largest absolute Gasteiger partial charge is 0.491 e. The van der Waals surface area contributed by atoms with E-state index in [4.69, 9.17) is 9.47 Å². The van der Waals surface area contributed by atoms with Crippen LogP contribution in [-0.2, 0) is 14.8 Å². The molecule has 0 aliphatic carbocycles. The number of carbonyl (C=O) groups excluding carboxylic acids is 1. The van der Waals surface area contributed by atoms with E-state index in [2.05, 4.69) is 0 Å². The summed E-state index contributed by atoms with van der Waals surface area (Å²) in [5, 5.41) is 0. The molecule has 2 fully saturated rings. The van der Waals surface area contributed by atoms with E-state index in [-0.39, 0.29) is 24.0 Å². The molecule has 144 valence electrons. The van der Waals surface area contributed by atoms with Crippen molar-refractivity contribution in [1.29, 1.82) is 0 Å². The van der Waals surface area contributed by atoms with Gasteiger partial charge >= 0.3 is 0 Å². The molecule has 2 aliphatic rings. The summed E-state index contributed by atoms with van der Waals surface area (Å²) in [5.74, 6) is 0.576. The van der Waals surface area contributed by atoms with Gasteiger partial charge in [-0.2, -0.15) is 4.31 Å². The summed E-state index contributed by atoms with van der Waals surface area (Å²) in [4.78, 5) is 14.6. The Labute approximate surface area is 154 Å². The van der Waals surface area contributed by atoms with Crippen LogP contribution in [0, 0.1) is 5.92 Å². The van der Waals surface area contributed by atoms with Crippen LogP contribution in [0.2, 0.25) is 0 Å². The number of sulfonamides is 1. The Morgan fingerprint density at radius 2 is 2.04 bits per heavy atom. The van der Waals surface area contributed by atoms with Gasteiger partial charge in [0.05, 0.1) is 25.1 Å². The topological polar surface area (TPSA) is 76.2 Å². The van der Waals surface area contributed by atoms with Crippen molar-refractivity contribution < 1.29 is 22.7 Å². The van der Waals surface area contributed by atoms with Crippen LogP contribution in [-0.4, -0.2) is 74.8 Å². The lowest BCUT2D eigenvalue weighted by Crippen LogP contribution is -2.37. The zero-order valence-corrected chi connectivity index (χ0v) is 16.2. The highest BCUT2D eigenvalue weighted by atomic mass is 32.2. The van der Waals surface area contributed by atoms with Crippen LogP contribution in [0.1, 0.15) is 24.2 Å². The summed E-state index contributed by atoms with van der Waals surface area (Å²) >= 11 is 0. The number of hydrogen-bond donors (Lipinski definition) is 0. The van der Waals surface area contributed by atoms with E-state index < -0.39 is 10.0 Å². The highest BCUT2D eigenvalue weighted by Gasteiger charge is 2.40. The molecule has 7 nitrogen and oxygen atoms in total. The Hall–Kier alpha value is -1.64. The maximum atomic E-state index is 12.9. The minimum Gasteiger partial charge on any atom is -0.491 e. The van der Waals surface area contributed by atoms with Crippen molar-refractivity contribution >= 4 is 15.9 Å². The number of ether oxygens (including phenoxy) is 2. The second kappa shape index (κ2) is 7.54. The monoisotopic (exact) mass is 382 g/mol. The van der Waals surface area contributed by atoms with E-state index in [1.165, 1.54) is 10.6 Å². The second-order valence-electron chi connectivity index (χ2n) is 7.19. The molecule has 1 amide bonds. The van der Waals surface area contributed by atoms with Crippen molar-refractivity contribution in [3.05, 3.63) is 29.8 Å². The summed E-state index contributed by atoms with van der Waals surface area (Å²) in [5.41, 5.74) is 0.569. The van der Waals surface area contributed by atoms with Crippen molar-refractivity contribution in [2.24, 2.45) is 5.92 Å². The van der Waals surface area contributed by atoms with Gasteiger partial charge in [-0.3, -0.25) is 4.79 Å². The molecule has 0 saturated carbocycles. The first kappa shape index (κ1) is 19.1. The van der Waals surface area contributed by atoms with Crippen LogP contribution in [0.15, 0.2) is 24.3 Å². The second-order valence-corrected chi connectivity index (χ2v) is 9.18. The predicted molar refractivity (Wildman–Crippen MR) is 97.8 cm³/mol. The van der Waals surface area contributed by atoms with Gasteiger partial charge in [0.2, 0.25) is 10.0 Å². The first-order valence-corrected chi connectivity index (χ1v) is 10.7. The normalized spacial score (nSPS) is 24.4. The summed E-state index contributed by atoms with van der Waals surface area (Å²) in [6.07, 6.45) is 1.13. The fraction of sp³-hybridized carbons (Fsp3) is 0.611. The van der Waals surface area contributed by atoms with Crippen LogP contribution in [0.5, 0.6) is 5.75 Å². The molecule has 2 heterocycles. The summed E-state index contributed by atoms with van der Waals surface area (Å²) in [6, 6.07) is 7.16. The molecular formula is C18H26N2O5S. The number of benzene rings is 1. The number of carbonyl (C=O) groups is 1. The molecule has 1 aromatic carbocycles.